The second-order valence-electron chi connectivity index (χ2n) is 4.83. The van der Waals surface area contributed by atoms with E-state index in [9.17, 15) is 0 Å². The fraction of sp³-hybridized carbons (Fsp3) is 0.429. The van der Waals surface area contributed by atoms with Crippen LogP contribution in [0.15, 0.2) is 28.8 Å². The topological polar surface area (TPSA) is 74.2 Å². The van der Waals surface area contributed by atoms with Crippen LogP contribution in [0.3, 0.4) is 0 Å². The molecule has 0 saturated heterocycles. The van der Waals surface area contributed by atoms with Crippen molar-refractivity contribution in [1.29, 1.82) is 0 Å². The molecule has 0 atom stereocenters. The van der Waals surface area contributed by atoms with Crippen LogP contribution in [0.5, 0.6) is 0 Å². The number of hydrogen-bond donors (Lipinski definition) is 1. The highest BCUT2D eigenvalue weighted by molar-refractivity contribution is 5.47. The van der Waals surface area contributed by atoms with Crippen molar-refractivity contribution >= 4 is 5.69 Å². The summed E-state index contributed by atoms with van der Waals surface area (Å²) in [7, 11) is 0. The van der Waals surface area contributed by atoms with E-state index < -0.39 is 5.60 Å². The van der Waals surface area contributed by atoms with Crippen LogP contribution >= 0.6 is 0 Å². The van der Waals surface area contributed by atoms with E-state index in [0.717, 1.165) is 11.3 Å². The van der Waals surface area contributed by atoms with Crippen molar-refractivity contribution in [2.24, 2.45) is 0 Å². The molecule has 0 aliphatic carbocycles. The predicted molar refractivity (Wildman–Crippen MR) is 72.6 cm³/mol. The zero-order valence-corrected chi connectivity index (χ0v) is 11.5. The van der Waals surface area contributed by atoms with Gasteiger partial charge >= 0.3 is 0 Å². The number of benzene rings is 1. The number of para-hydroxylation sites is 1. The van der Waals surface area contributed by atoms with Crippen LogP contribution in [0.25, 0.3) is 0 Å². The molecule has 2 aromatic rings. The Hall–Kier alpha value is -1.88. The third-order valence-corrected chi connectivity index (χ3v) is 2.91. The summed E-state index contributed by atoms with van der Waals surface area (Å²) in [5.41, 5.74) is 7.06. The van der Waals surface area contributed by atoms with Crippen LogP contribution in [0.1, 0.15) is 38.0 Å². The maximum Gasteiger partial charge on any atom is 0.231 e. The number of nitrogens with two attached hydrogens (primary N) is 1. The molecule has 5 nitrogen and oxygen atoms in total. The van der Waals surface area contributed by atoms with Crippen LogP contribution in [0.4, 0.5) is 5.69 Å². The van der Waals surface area contributed by atoms with E-state index in [1.807, 2.05) is 45.0 Å². The molecule has 0 radical (unpaired) electrons. The van der Waals surface area contributed by atoms with Crippen molar-refractivity contribution < 1.29 is 9.26 Å². The summed E-state index contributed by atoms with van der Waals surface area (Å²) in [6.45, 7) is 6.37. The fourth-order valence-electron chi connectivity index (χ4n) is 1.85. The molecule has 0 unspecified atom stereocenters. The first kappa shape index (κ1) is 13.5. The molecule has 1 heterocycles. The summed E-state index contributed by atoms with van der Waals surface area (Å²) in [6.07, 6.45) is 0.530. The number of anilines is 1. The molecular weight excluding hydrogens is 242 g/mol. The number of nitrogens with zero attached hydrogens (tertiary/aromatic N) is 2. The van der Waals surface area contributed by atoms with Gasteiger partial charge in [-0.25, -0.2) is 0 Å². The molecule has 0 aliphatic heterocycles. The molecule has 5 heteroatoms. The summed E-state index contributed by atoms with van der Waals surface area (Å²) >= 11 is 0. The Labute approximate surface area is 112 Å². The van der Waals surface area contributed by atoms with Crippen molar-refractivity contribution in [1.82, 2.24) is 10.1 Å². The smallest absolute Gasteiger partial charge is 0.231 e. The molecule has 2 rings (SSSR count). The average Bonchev–Trinajstić information content (AvgIpc) is 2.81. The lowest BCUT2D eigenvalue weighted by Crippen LogP contribution is -2.23. The number of nitrogen functional groups attached to an aromatic ring is 1. The van der Waals surface area contributed by atoms with E-state index in [1.54, 1.807) is 0 Å². The third-order valence-electron chi connectivity index (χ3n) is 2.91. The van der Waals surface area contributed by atoms with Crippen LogP contribution in [0.2, 0.25) is 0 Å². The van der Waals surface area contributed by atoms with Gasteiger partial charge < -0.3 is 15.0 Å². The first-order chi connectivity index (χ1) is 9.03. The Morgan fingerprint density at radius 3 is 2.74 bits per heavy atom. The highest BCUT2D eigenvalue weighted by Crippen LogP contribution is 2.22. The monoisotopic (exact) mass is 261 g/mol. The second kappa shape index (κ2) is 5.40. The zero-order valence-electron chi connectivity index (χ0n) is 11.5. The average molecular weight is 261 g/mol. The quantitative estimate of drug-likeness (QED) is 0.837. The Morgan fingerprint density at radius 1 is 1.32 bits per heavy atom. The number of aromatic nitrogens is 2. The second-order valence-corrected chi connectivity index (χ2v) is 4.83. The molecule has 0 saturated carbocycles. The summed E-state index contributed by atoms with van der Waals surface area (Å²) in [5, 5.41) is 3.98. The summed E-state index contributed by atoms with van der Waals surface area (Å²) in [4.78, 5) is 4.38. The molecule has 1 aromatic heterocycles. The van der Waals surface area contributed by atoms with Gasteiger partial charge in [-0.3, -0.25) is 0 Å². The van der Waals surface area contributed by atoms with Crippen molar-refractivity contribution in [3.63, 3.8) is 0 Å². The van der Waals surface area contributed by atoms with Gasteiger partial charge in [0.15, 0.2) is 0 Å². The number of ether oxygens (including phenoxy) is 1. The Bertz CT molecular complexity index is 549. The van der Waals surface area contributed by atoms with Gasteiger partial charge in [0.05, 0.1) is 6.42 Å². The minimum absolute atomic E-state index is 0.530. The van der Waals surface area contributed by atoms with Gasteiger partial charge in [0.1, 0.15) is 5.60 Å². The zero-order chi connectivity index (χ0) is 13.9. The van der Waals surface area contributed by atoms with Crippen LogP contribution in [-0.2, 0) is 16.8 Å². The van der Waals surface area contributed by atoms with Crippen molar-refractivity contribution in [2.75, 3.05) is 12.3 Å². The molecule has 1 aromatic carbocycles. The summed E-state index contributed by atoms with van der Waals surface area (Å²) < 4.78 is 10.9. The van der Waals surface area contributed by atoms with Gasteiger partial charge in [-0.05, 0) is 32.4 Å². The maximum atomic E-state index is 5.89. The first-order valence-corrected chi connectivity index (χ1v) is 6.33. The SMILES string of the molecule is CCOC(C)(C)c1noc(Cc2ccccc2N)n1. The molecule has 19 heavy (non-hydrogen) atoms. The lowest BCUT2D eigenvalue weighted by atomic mass is 10.1. The molecule has 2 N–H and O–H groups in total. The highest BCUT2D eigenvalue weighted by atomic mass is 16.5. The van der Waals surface area contributed by atoms with E-state index in [2.05, 4.69) is 10.1 Å². The molecule has 0 fully saturated rings. The van der Waals surface area contributed by atoms with E-state index in [0.29, 0.717) is 24.7 Å². The van der Waals surface area contributed by atoms with Crippen LogP contribution < -0.4 is 5.73 Å². The Morgan fingerprint density at radius 2 is 2.05 bits per heavy atom. The Balaban J connectivity index is 2.16. The molecular formula is C14H19N3O2. The maximum absolute atomic E-state index is 5.89. The number of hydrogen-bond acceptors (Lipinski definition) is 5. The van der Waals surface area contributed by atoms with Gasteiger partial charge in [0.25, 0.3) is 0 Å². The van der Waals surface area contributed by atoms with E-state index in [4.69, 9.17) is 15.0 Å². The van der Waals surface area contributed by atoms with Crippen molar-refractivity contribution in [3.8, 4) is 0 Å². The molecule has 0 amide bonds. The van der Waals surface area contributed by atoms with Gasteiger partial charge in [0.2, 0.25) is 11.7 Å². The van der Waals surface area contributed by atoms with Crippen molar-refractivity contribution in [2.45, 2.75) is 32.8 Å². The largest absolute Gasteiger partial charge is 0.398 e. The minimum Gasteiger partial charge on any atom is -0.398 e. The highest BCUT2D eigenvalue weighted by Gasteiger charge is 2.27. The molecule has 0 spiro atoms. The first-order valence-electron chi connectivity index (χ1n) is 6.33. The van der Waals surface area contributed by atoms with Crippen LogP contribution in [-0.4, -0.2) is 16.7 Å². The van der Waals surface area contributed by atoms with E-state index in [1.165, 1.54) is 0 Å². The molecule has 0 bridgehead atoms. The predicted octanol–water partition coefficient (Wildman–Crippen LogP) is 2.51. The fourth-order valence-corrected chi connectivity index (χ4v) is 1.85. The van der Waals surface area contributed by atoms with Crippen molar-refractivity contribution in [3.05, 3.63) is 41.5 Å². The normalized spacial score (nSPS) is 11.7. The lowest BCUT2D eigenvalue weighted by Gasteiger charge is -2.19. The minimum atomic E-state index is -0.543. The van der Waals surface area contributed by atoms with Gasteiger partial charge in [0, 0.05) is 12.3 Å². The third kappa shape index (κ3) is 3.12. The Kier molecular flexibility index (Phi) is 3.85. The van der Waals surface area contributed by atoms with E-state index >= 15 is 0 Å². The van der Waals surface area contributed by atoms with Crippen LogP contribution in [0, 0.1) is 0 Å². The summed E-state index contributed by atoms with van der Waals surface area (Å²) in [5.74, 6) is 1.10. The molecule has 102 valence electrons. The summed E-state index contributed by atoms with van der Waals surface area (Å²) in [6, 6.07) is 7.65. The lowest BCUT2D eigenvalue weighted by molar-refractivity contribution is -0.0221. The standard InChI is InChI=1S/C14H19N3O2/c1-4-18-14(2,3)13-16-12(19-17-13)9-10-7-5-6-8-11(10)15/h5-8H,4,9,15H2,1-3H3. The van der Waals surface area contributed by atoms with E-state index in [-0.39, 0.29) is 0 Å². The van der Waals surface area contributed by atoms with Gasteiger partial charge in [-0.1, -0.05) is 23.4 Å². The van der Waals surface area contributed by atoms with Gasteiger partial charge in [-0.2, -0.15) is 4.98 Å². The van der Waals surface area contributed by atoms with Gasteiger partial charge in [-0.15, -0.1) is 0 Å². The molecule has 0 aliphatic rings. The number of rotatable bonds is 5.